The lowest BCUT2D eigenvalue weighted by atomic mass is 9.93. The summed E-state index contributed by atoms with van der Waals surface area (Å²) in [4.78, 5) is 12.2. The first-order chi connectivity index (χ1) is 8.27. The molecular formula is C15H23NO2. The summed E-state index contributed by atoms with van der Waals surface area (Å²) in [6.07, 6.45) is 0.610. The molecule has 0 radical (unpaired) electrons. The van der Waals surface area contributed by atoms with Gasteiger partial charge in [0.1, 0.15) is 11.1 Å². The molecule has 0 aromatic heterocycles. The van der Waals surface area contributed by atoms with Crippen LogP contribution in [0.3, 0.4) is 0 Å². The molecule has 3 heteroatoms. The van der Waals surface area contributed by atoms with Gasteiger partial charge in [0.25, 0.3) is 0 Å². The number of ether oxygens (including phenoxy) is 1. The summed E-state index contributed by atoms with van der Waals surface area (Å²) in [6, 6.07) is 9.94. The van der Waals surface area contributed by atoms with Crippen LogP contribution in [0.25, 0.3) is 0 Å². The number of carbonyl (C=O) groups is 1. The van der Waals surface area contributed by atoms with Crippen LogP contribution in [0.1, 0.15) is 33.3 Å². The van der Waals surface area contributed by atoms with Crippen LogP contribution >= 0.6 is 0 Å². The maximum absolute atomic E-state index is 12.2. The fourth-order valence-corrected chi connectivity index (χ4v) is 1.66. The van der Waals surface area contributed by atoms with E-state index in [1.165, 1.54) is 0 Å². The molecule has 0 amide bonds. The van der Waals surface area contributed by atoms with Crippen molar-refractivity contribution in [2.75, 3.05) is 7.05 Å². The highest BCUT2D eigenvalue weighted by Crippen LogP contribution is 2.18. The third kappa shape index (κ3) is 4.15. The summed E-state index contributed by atoms with van der Waals surface area (Å²) in [5.41, 5.74) is -0.0549. The van der Waals surface area contributed by atoms with Crippen LogP contribution in [0.15, 0.2) is 30.3 Å². The Kier molecular flexibility index (Phi) is 4.52. The zero-order valence-corrected chi connectivity index (χ0v) is 11.9. The van der Waals surface area contributed by atoms with Gasteiger partial charge in [0.05, 0.1) is 0 Å². The first kappa shape index (κ1) is 14.7. The van der Waals surface area contributed by atoms with E-state index in [2.05, 4.69) is 5.32 Å². The minimum absolute atomic E-state index is 0.221. The topological polar surface area (TPSA) is 38.3 Å². The number of rotatable bonds is 4. The highest BCUT2D eigenvalue weighted by atomic mass is 16.6. The third-order valence-corrected chi connectivity index (χ3v) is 2.80. The molecule has 0 saturated carbocycles. The molecule has 0 fully saturated rings. The normalized spacial score (nSPS) is 14.9. The molecule has 3 nitrogen and oxygen atoms in total. The van der Waals surface area contributed by atoms with Gasteiger partial charge in [-0.2, -0.15) is 0 Å². The van der Waals surface area contributed by atoms with Gasteiger partial charge in [0.15, 0.2) is 0 Å². The molecule has 0 heterocycles. The van der Waals surface area contributed by atoms with Crippen molar-refractivity contribution in [1.29, 1.82) is 0 Å². The predicted molar refractivity (Wildman–Crippen MR) is 73.5 cm³/mol. The summed E-state index contributed by atoms with van der Waals surface area (Å²) in [5, 5.41) is 3.07. The second-order valence-corrected chi connectivity index (χ2v) is 5.75. The van der Waals surface area contributed by atoms with E-state index in [0.717, 1.165) is 5.56 Å². The zero-order valence-electron chi connectivity index (χ0n) is 11.9. The number of hydrogen-bond acceptors (Lipinski definition) is 3. The Morgan fingerprint density at radius 2 is 1.72 bits per heavy atom. The van der Waals surface area contributed by atoms with Gasteiger partial charge < -0.3 is 10.1 Å². The average molecular weight is 249 g/mol. The van der Waals surface area contributed by atoms with Gasteiger partial charge in [-0.3, -0.25) is 4.79 Å². The zero-order chi connectivity index (χ0) is 13.8. The molecule has 0 bridgehead atoms. The van der Waals surface area contributed by atoms with Crippen molar-refractivity contribution in [3.8, 4) is 0 Å². The van der Waals surface area contributed by atoms with Crippen LogP contribution < -0.4 is 5.32 Å². The Morgan fingerprint density at radius 1 is 1.17 bits per heavy atom. The number of carbonyl (C=O) groups excluding carboxylic acids is 1. The Morgan fingerprint density at radius 3 is 2.17 bits per heavy atom. The predicted octanol–water partition coefficient (Wildman–Crippen LogP) is 2.55. The summed E-state index contributed by atoms with van der Waals surface area (Å²) in [6.45, 7) is 7.50. The van der Waals surface area contributed by atoms with E-state index in [-0.39, 0.29) is 5.97 Å². The number of benzene rings is 1. The first-order valence-corrected chi connectivity index (χ1v) is 6.23. The van der Waals surface area contributed by atoms with Crippen molar-refractivity contribution >= 4 is 5.97 Å². The maximum Gasteiger partial charge on any atom is 0.326 e. The SMILES string of the molecule is CN[C@@](C)(Cc1ccccc1)C(=O)OC(C)(C)C. The van der Waals surface area contributed by atoms with Crippen LogP contribution in [0.2, 0.25) is 0 Å². The van der Waals surface area contributed by atoms with Crippen molar-refractivity contribution < 1.29 is 9.53 Å². The number of hydrogen-bond donors (Lipinski definition) is 1. The van der Waals surface area contributed by atoms with Crippen molar-refractivity contribution in [2.45, 2.75) is 45.3 Å². The Hall–Kier alpha value is -1.35. The monoisotopic (exact) mass is 249 g/mol. The lowest BCUT2D eigenvalue weighted by molar-refractivity contribution is -0.162. The maximum atomic E-state index is 12.2. The van der Waals surface area contributed by atoms with E-state index >= 15 is 0 Å². The van der Waals surface area contributed by atoms with Crippen LogP contribution in [0.5, 0.6) is 0 Å². The number of nitrogens with one attached hydrogen (secondary N) is 1. The third-order valence-electron chi connectivity index (χ3n) is 2.80. The van der Waals surface area contributed by atoms with Gasteiger partial charge >= 0.3 is 5.97 Å². The quantitative estimate of drug-likeness (QED) is 0.833. The van der Waals surface area contributed by atoms with E-state index in [4.69, 9.17) is 4.74 Å². The highest BCUT2D eigenvalue weighted by molar-refractivity contribution is 5.81. The van der Waals surface area contributed by atoms with Crippen molar-refractivity contribution in [1.82, 2.24) is 5.32 Å². The van der Waals surface area contributed by atoms with Crippen LogP contribution in [-0.4, -0.2) is 24.2 Å². The summed E-state index contributed by atoms with van der Waals surface area (Å²) in [5.74, 6) is -0.221. The van der Waals surface area contributed by atoms with Gasteiger partial charge in [-0.25, -0.2) is 0 Å². The second kappa shape index (κ2) is 5.53. The molecule has 0 aliphatic heterocycles. The largest absolute Gasteiger partial charge is 0.459 e. The number of likely N-dealkylation sites (N-methyl/N-ethyl adjacent to an activating group) is 1. The van der Waals surface area contributed by atoms with E-state index in [1.807, 2.05) is 58.0 Å². The first-order valence-electron chi connectivity index (χ1n) is 6.23. The van der Waals surface area contributed by atoms with Gasteiger partial charge in [-0.1, -0.05) is 30.3 Å². The molecule has 0 aliphatic carbocycles. The van der Waals surface area contributed by atoms with Gasteiger partial charge in [-0.05, 0) is 40.3 Å². The van der Waals surface area contributed by atoms with Gasteiger partial charge in [0.2, 0.25) is 0 Å². The van der Waals surface area contributed by atoms with Crippen molar-refractivity contribution in [3.63, 3.8) is 0 Å². The molecule has 1 N–H and O–H groups in total. The minimum atomic E-state index is -0.700. The number of esters is 1. The van der Waals surface area contributed by atoms with E-state index in [1.54, 1.807) is 7.05 Å². The van der Waals surface area contributed by atoms with Crippen LogP contribution in [0.4, 0.5) is 0 Å². The minimum Gasteiger partial charge on any atom is -0.459 e. The van der Waals surface area contributed by atoms with E-state index in [0.29, 0.717) is 6.42 Å². The fourth-order valence-electron chi connectivity index (χ4n) is 1.66. The summed E-state index contributed by atoms with van der Waals surface area (Å²) < 4.78 is 5.46. The molecule has 1 rings (SSSR count). The van der Waals surface area contributed by atoms with Crippen LogP contribution in [0, 0.1) is 0 Å². The lowest BCUT2D eigenvalue weighted by Gasteiger charge is -2.31. The molecule has 1 aromatic rings. The lowest BCUT2D eigenvalue weighted by Crippen LogP contribution is -2.52. The van der Waals surface area contributed by atoms with Crippen molar-refractivity contribution in [3.05, 3.63) is 35.9 Å². The molecule has 1 atom stereocenters. The molecule has 0 saturated heterocycles. The Bertz CT molecular complexity index is 395. The fraction of sp³-hybridized carbons (Fsp3) is 0.533. The van der Waals surface area contributed by atoms with Crippen molar-refractivity contribution in [2.24, 2.45) is 0 Å². The standard InChI is InChI=1S/C15H23NO2/c1-14(2,3)18-13(17)15(4,16-5)11-12-9-7-6-8-10-12/h6-10,16H,11H2,1-5H3/t15-/m0/s1. The molecule has 100 valence electrons. The molecular weight excluding hydrogens is 226 g/mol. The van der Waals surface area contributed by atoms with E-state index < -0.39 is 11.1 Å². The Balaban J connectivity index is 2.82. The summed E-state index contributed by atoms with van der Waals surface area (Å²) >= 11 is 0. The molecule has 0 unspecified atom stereocenters. The van der Waals surface area contributed by atoms with E-state index in [9.17, 15) is 4.79 Å². The highest BCUT2D eigenvalue weighted by Gasteiger charge is 2.35. The second-order valence-electron chi connectivity index (χ2n) is 5.75. The molecule has 1 aromatic carbocycles. The molecule has 18 heavy (non-hydrogen) atoms. The van der Waals surface area contributed by atoms with Gasteiger partial charge in [0, 0.05) is 6.42 Å². The smallest absolute Gasteiger partial charge is 0.326 e. The molecule has 0 spiro atoms. The van der Waals surface area contributed by atoms with Gasteiger partial charge in [-0.15, -0.1) is 0 Å². The summed E-state index contributed by atoms with van der Waals surface area (Å²) in [7, 11) is 1.78. The molecule has 0 aliphatic rings. The Labute approximate surface area is 110 Å². The van der Waals surface area contributed by atoms with Crippen LogP contribution in [-0.2, 0) is 16.0 Å². The average Bonchev–Trinajstić information content (AvgIpc) is 2.28.